The summed E-state index contributed by atoms with van der Waals surface area (Å²) in [4.78, 5) is 21.5. The van der Waals surface area contributed by atoms with E-state index >= 15 is 0 Å². The van der Waals surface area contributed by atoms with Crippen molar-refractivity contribution in [2.75, 3.05) is 0 Å². The van der Waals surface area contributed by atoms with Gasteiger partial charge in [-0.2, -0.15) is 0 Å². The number of hydrogen-bond donors (Lipinski definition) is 1. The smallest absolute Gasteiger partial charge is 0.331 e. The first kappa shape index (κ1) is 11.8. The van der Waals surface area contributed by atoms with Crippen LogP contribution in [0.4, 0.5) is 0 Å². The van der Waals surface area contributed by atoms with Crippen molar-refractivity contribution < 1.29 is 14.3 Å². The van der Waals surface area contributed by atoms with E-state index in [0.29, 0.717) is 0 Å². The van der Waals surface area contributed by atoms with E-state index in [9.17, 15) is 9.59 Å². The molecule has 0 aliphatic heterocycles. The van der Waals surface area contributed by atoms with Crippen LogP contribution >= 0.6 is 0 Å². The predicted molar refractivity (Wildman–Crippen MR) is 55.8 cm³/mol. The van der Waals surface area contributed by atoms with Gasteiger partial charge < -0.3 is 10.5 Å². The number of ether oxygens (including phenoxy) is 1. The minimum atomic E-state index is -0.635. The zero-order chi connectivity index (χ0) is 11.3. The molecule has 2 N–H and O–H groups in total. The van der Waals surface area contributed by atoms with E-state index in [1.807, 2.05) is 0 Å². The van der Waals surface area contributed by atoms with E-state index in [2.05, 4.69) is 6.92 Å². The molecule has 0 spiro atoms. The van der Waals surface area contributed by atoms with Crippen LogP contribution in [0, 0.1) is 5.92 Å². The molecule has 0 atom stereocenters. The van der Waals surface area contributed by atoms with Crippen LogP contribution in [-0.4, -0.2) is 18.0 Å². The number of carbonyl (C=O) groups excluding carboxylic acids is 2. The molecule has 0 saturated heterocycles. The number of carbonyl (C=O) groups is 2. The summed E-state index contributed by atoms with van der Waals surface area (Å²) >= 11 is 0. The standard InChI is InChI=1S/C11H17NO3/c1-8-2-4-9(5-3-8)15-11(14)7-6-10(12)13/h6-9H,2-5H2,1H3,(H2,12,13)/b7-6-. The lowest BCUT2D eigenvalue weighted by Crippen LogP contribution is -2.23. The van der Waals surface area contributed by atoms with E-state index < -0.39 is 11.9 Å². The van der Waals surface area contributed by atoms with E-state index in [-0.39, 0.29) is 6.10 Å². The van der Waals surface area contributed by atoms with Crippen LogP contribution in [0.25, 0.3) is 0 Å². The Hall–Kier alpha value is -1.32. The number of nitrogens with two attached hydrogens (primary N) is 1. The maximum atomic E-state index is 11.2. The SMILES string of the molecule is CC1CCC(OC(=O)/C=C\C(N)=O)CC1. The van der Waals surface area contributed by atoms with Gasteiger partial charge in [-0.25, -0.2) is 4.79 Å². The molecule has 84 valence electrons. The first-order chi connectivity index (χ1) is 7.08. The number of esters is 1. The minimum absolute atomic E-state index is 0.00577. The molecule has 1 amide bonds. The van der Waals surface area contributed by atoms with Gasteiger partial charge in [-0.15, -0.1) is 0 Å². The molecule has 1 saturated carbocycles. The van der Waals surface area contributed by atoms with Crippen LogP contribution in [0.15, 0.2) is 12.2 Å². The van der Waals surface area contributed by atoms with Crippen molar-refractivity contribution in [3.8, 4) is 0 Å². The van der Waals surface area contributed by atoms with Gasteiger partial charge in [0, 0.05) is 12.2 Å². The Morgan fingerprint density at radius 3 is 2.33 bits per heavy atom. The topological polar surface area (TPSA) is 69.4 Å². The van der Waals surface area contributed by atoms with Crippen molar-refractivity contribution in [1.29, 1.82) is 0 Å². The Kier molecular flexibility index (Phi) is 4.34. The monoisotopic (exact) mass is 211 g/mol. The van der Waals surface area contributed by atoms with Gasteiger partial charge in [-0.3, -0.25) is 4.79 Å². The Morgan fingerprint density at radius 1 is 1.20 bits per heavy atom. The third kappa shape index (κ3) is 4.63. The Labute approximate surface area is 89.5 Å². The van der Waals surface area contributed by atoms with Gasteiger partial charge in [0.2, 0.25) is 5.91 Å². The van der Waals surface area contributed by atoms with Crippen LogP contribution in [0.2, 0.25) is 0 Å². The lowest BCUT2D eigenvalue weighted by Gasteiger charge is -2.25. The maximum Gasteiger partial charge on any atom is 0.331 e. The number of amides is 1. The number of hydrogen-bond acceptors (Lipinski definition) is 3. The second kappa shape index (κ2) is 5.53. The highest BCUT2D eigenvalue weighted by atomic mass is 16.5. The maximum absolute atomic E-state index is 11.2. The van der Waals surface area contributed by atoms with Crippen molar-refractivity contribution in [3.63, 3.8) is 0 Å². The lowest BCUT2D eigenvalue weighted by atomic mass is 9.89. The summed E-state index contributed by atoms with van der Waals surface area (Å²) in [6.45, 7) is 2.20. The third-order valence-corrected chi connectivity index (χ3v) is 2.63. The summed E-state index contributed by atoms with van der Waals surface area (Å²) in [5.41, 5.74) is 4.86. The van der Waals surface area contributed by atoms with Crippen molar-refractivity contribution in [2.24, 2.45) is 11.7 Å². The second-order valence-corrected chi connectivity index (χ2v) is 4.05. The normalized spacial score (nSPS) is 26.5. The fourth-order valence-corrected chi connectivity index (χ4v) is 1.70. The Morgan fingerprint density at radius 2 is 1.80 bits per heavy atom. The van der Waals surface area contributed by atoms with E-state index in [1.54, 1.807) is 0 Å². The highest BCUT2D eigenvalue weighted by Gasteiger charge is 2.20. The summed E-state index contributed by atoms with van der Waals surface area (Å²) < 4.78 is 5.16. The molecule has 1 fully saturated rings. The summed E-state index contributed by atoms with van der Waals surface area (Å²) in [5, 5.41) is 0. The molecule has 0 radical (unpaired) electrons. The Bertz CT molecular complexity index is 265. The zero-order valence-corrected chi connectivity index (χ0v) is 8.94. The van der Waals surface area contributed by atoms with E-state index in [4.69, 9.17) is 10.5 Å². The number of rotatable bonds is 3. The first-order valence-corrected chi connectivity index (χ1v) is 5.26. The van der Waals surface area contributed by atoms with Crippen molar-refractivity contribution in [2.45, 2.75) is 38.7 Å². The van der Waals surface area contributed by atoms with Gasteiger partial charge in [0.1, 0.15) is 6.10 Å². The fraction of sp³-hybridized carbons (Fsp3) is 0.636. The molecular weight excluding hydrogens is 194 g/mol. The molecule has 4 nitrogen and oxygen atoms in total. The quantitative estimate of drug-likeness (QED) is 0.562. The summed E-state index contributed by atoms with van der Waals surface area (Å²) in [6.07, 6.45) is 6.13. The van der Waals surface area contributed by atoms with E-state index in [0.717, 1.165) is 43.8 Å². The van der Waals surface area contributed by atoms with E-state index in [1.165, 1.54) is 0 Å². The highest BCUT2D eigenvalue weighted by molar-refractivity contribution is 5.93. The van der Waals surface area contributed by atoms with Crippen LogP contribution in [-0.2, 0) is 14.3 Å². The molecule has 1 aliphatic rings. The minimum Gasteiger partial charge on any atom is -0.459 e. The van der Waals surface area contributed by atoms with Crippen LogP contribution in [0.5, 0.6) is 0 Å². The molecule has 0 unspecified atom stereocenters. The second-order valence-electron chi connectivity index (χ2n) is 4.05. The summed E-state index contributed by atoms with van der Waals surface area (Å²) in [6, 6.07) is 0. The first-order valence-electron chi connectivity index (χ1n) is 5.26. The molecule has 4 heteroatoms. The van der Waals surface area contributed by atoms with Crippen molar-refractivity contribution in [1.82, 2.24) is 0 Å². The highest BCUT2D eigenvalue weighted by Crippen LogP contribution is 2.25. The molecule has 1 rings (SSSR count). The predicted octanol–water partition coefficient (Wildman–Crippen LogP) is 1.15. The summed E-state index contributed by atoms with van der Waals surface area (Å²) in [7, 11) is 0. The van der Waals surface area contributed by atoms with Gasteiger partial charge >= 0.3 is 5.97 Å². The van der Waals surface area contributed by atoms with Gasteiger partial charge in [0.25, 0.3) is 0 Å². The van der Waals surface area contributed by atoms with Crippen LogP contribution in [0.3, 0.4) is 0 Å². The van der Waals surface area contributed by atoms with Crippen molar-refractivity contribution >= 4 is 11.9 Å². The molecule has 0 heterocycles. The zero-order valence-electron chi connectivity index (χ0n) is 8.94. The van der Waals surface area contributed by atoms with Crippen LogP contribution in [0.1, 0.15) is 32.6 Å². The Balaban J connectivity index is 2.29. The molecular formula is C11H17NO3. The molecule has 0 aromatic heterocycles. The van der Waals surface area contributed by atoms with Crippen LogP contribution < -0.4 is 5.73 Å². The van der Waals surface area contributed by atoms with Gasteiger partial charge in [0.15, 0.2) is 0 Å². The molecule has 15 heavy (non-hydrogen) atoms. The average molecular weight is 211 g/mol. The molecule has 1 aliphatic carbocycles. The molecule has 0 bridgehead atoms. The summed E-state index contributed by atoms with van der Waals surface area (Å²) in [5.74, 6) is -0.390. The average Bonchev–Trinajstić information content (AvgIpc) is 2.19. The van der Waals surface area contributed by atoms with Gasteiger partial charge in [-0.05, 0) is 31.6 Å². The van der Waals surface area contributed by atoms with Crippen molar-refractivity contribution in [3.05, 3.63) is 12.2 Å². The van der Waals surface area contributed by atoms with Gasteiger partial charge in [0.05, 0.1) is 0 Å². The fourth-order valence-electron chi connectivity index (χ4n) is 1.70. The third-order valence-electron chi connectivity index (χ3n) is 2.63. The number of primary amides is 1. The van der Waals surface area contributed by atoms with Gasteiger partial charge in [-0.1, -0.05) is 6.92 Å². The lowest BCUT2D eigenvalue weighted by molar-refractivity contribution is -0.144. The molecule has 0 aromatic carbocycles. The largest absolute Gasteiger partial charge is 0.459 e. The molecule has 0 aromatic rings.